The quantitative estimate of drug-likeness (QED) is 0.722. The summed E-state index contributed by atoms with van der Waals surface area (Å²) in [6.45, 7) is 9.05. The molecule has 3 nitrogen and oxygen atoms in total. The van der Waals surface area contributed by atoms with Crippen LogP contribution >= 0.6 is 0 Å². The standard InChI is InChI=1S/C13H24N2O/c1-5-6-10(2)11(3)14-12-7-8-13(16)15(4)9-12/h5,10-12,14H,1,6-9H2,2-4H3. The van der Waals surface area contributed by atoms with Crippen molar-refractivity contribution in [1.29, 1.82) is 0 Å². The first-order chi connectivity index (χ1) is 7.54. The number of allylic oxidation sites excluding steroid dienone is 1. The number of rotatable bonds is 5. The number of hydrogen-bond acceptors (Lipinski definition) is 2. The molecule has 1 rings (SSSR count). The van der Waals surface area contributed by atoms with E-state index in [1.54, 1.807) is 0 Å². The average Bonchev–Trinajstić information content (AvgIpc) is 2.24. The minimum absolute atomic E-state index is 0.268. The molecule has 1 saturated heterocycles. The van der Waals surface area contributed by atoms with Crippen LogP contribution in [0.1, 0.15) is 33.1 Å². The van der Waals surface area contributed by atoms with Gasteiger partial charge in [-0.3, -0.25) is 4.79 Å². The Morgan fingerprint density at radius 2 is 2.31 bits per heavy atom. The number of likely N-dealkylation sites (tertiary alicyclic amines) is 1. The number of carbonyl (C=O) groups excluding carboxylic acids is 1. The van der Waals surface area contributed by atoms with Crippen LogP contribution < -0.4 is 5.32 Å². The lowest BCUT2D eigenvalue weighted by atomic mass is 9.97. The summed E-state index contributed by atoms with van der Waals surface area (Å²) in [5, 5.41) is 3.61. The van der Waals surface area contributed by atoms with E-state index in [0.717, 1.165) is 19.4 Å². The number of likely N-dealkylation sites (N-methyl/N-ethyl adjacent to an activating group) is 1. The van der Waals surface area contributed by atoms with E-state index >= 15 is 0 Å². The number of piperidine rings is 1. The monoisotopic (exact) mass is 224 g/mol. The van der Waals surface area contributed by atoms with E-state index in [9.17, 15) is 4.79 Å². The van der Waals surface area contributed by atoms with Gasteiger partial charge in [0.2, 0.25) is 5.91 Å². The van der Waals surface area contributed by atoms with Crippen molar-refractivity contribution in [2.75, 3.05) is 13.6 Å². The molecule has 3 unspecified atom stereocenters. The van der Waals surface area contributed by atoms with E-state index in [1.807, 2.05) is 18.0 Å². The first-order valence-electron chi connectivity index (χ1n) is 6.15. The molecule has 1 aliphatic heterocycles. The van der Waals surface area contributed by atoms with E-state index in [1.165, 1.54) is 0 Å². The largest absolute Gasteiger partial charge is 0.344 e. The smallest absolute Gasteiger partial charge is 0.222 e. The summed E-state index contributed by atoms with van der Waals surface area (Å²) in [6, 6.07) is 0.926. The first kappa shape index (κ1) is 13.2. The number of carbonyl (C=O) groups is 1. The minimum atomic E-state index is 0.268. The van der Waals surface area contributed by atoms with Crippen LogP contribution in [0.2, 0.25) is 0 Å². The molecule has 0 saturated carbocycles. The third-order valence-electron chi connectivity index (χ3n) is 3.52. The molecular weight excluding hydrogens is 200 g/mol. The normalized spacial score (nSPS) is 25.3. The van der Waals surface area contributed by atoms with Crippen LogP contribution in [0.5, 0.6) is 0 Å². The van der Waals surface area contributed by atoms with Crippen LogP contribution in [0.4, 0.5) is 0 Å². The molecule has 1 fully saturated rings. The maximum Gasteiger partial charge on any atom is 0.222 e. The highest BCUT2D eigenvalue weighted by molar-refractivity contribution is 5.76. The maximum absolute atomic E-state index is 11.3. The minimum Gasteiger partial charge on any atom is -0.344 e. The Labute approximate surface area is 98.9 Å². The molecule has 1 aliphatic rings. The zero-order valence-electron chi connectivity index (χ0n) is 10.7. The number of hydrogen-bond donors (Lipinski definition) is 1. The summed E-state index contributed by atoms with van der Waals surface area (Å²) in [4.78, 5) is 13.2. The van der Waals surface area contributed by atoms with Crippen molar-refractivity contribution >= 4 is 5.91 Å². The van der Waals surface area contributed by atoms with Gasteiger partial charge in [0.25, 0.3) is 0 Å². The highest BCUT2D eigenvalue weighted by Crippen LogP contribution is 2.14. The van der Waals surface area contributed by atoms with Gasteiger partial charge in [0.15, 0.2) is 0 Å². The molecule has 92 valence electrons. The molecule has 3 atom stereocenters. The lowest BCUT2D eigenvalue weighted by Gasteiger charge is -2.33. The van der Waals surface area contributed by atoms with Gasteiger partial charge in [-0.2, -0.15) is 0 Å². The average molecular weight is 224 g/mol. The Morgan fingerprint density at radius 1 is 1.62 bits per heavy atom. The molecule has 3 heteroatoms. The predicted octanol–water partition coefficient (Wildman–Crippen LogP) is 1.80. The van der Waals surface area contributed by atoms with Crippen LogP contribution in [-0.4, -0.2) is 36.5 Å². The Bertz CT molecular complexity index is 252. The van der Waals surface area contributed by atoms with Crippen LogP contribution in [0, 0.1) is 5.92 Å². The number of amides is 1. The van der Waals surface area contributed by atoms with E-state index in [4.69, 9.17) is 0 Å². The molecule has 0 aromatic rings. The molecule has 0 bridgehead atoms. The number of nitrogens with zero attached hydrogens (tertiary/aromatic N) is 1. The van der Waals surface area contributed by atoms with Gasteiger partial charge in [-0.25, -0.2) is 0 Å². The molecule has 1 amide bonds. The van der Waals surface area contributed by atoms with Crippen molar-refractivity contribution in [1.82, 2.24) is 10.2 Å². The van der Waals surface area contributed by atoms with Gasteiger partial charge >= 0.3 is 0 Å². The van der Waals surface area contributed by atoms with Gasteiger partial charge in [-0.1, -0.05) is 13.0 Å². The van der Waals surface area contributed by atoms with Crippen LogP contribution in [0.3, 0.4) is 0 Å². The molecule has 0 aromatic heterocycles. The first-order valence-corrected chi connectivity index (χ1v) is 6.15. The van der Waals surface area contributed by atoms with Gasteiger partial charge in [0.05, 0.1) is 0 Å². The zero-order chi connectivity index (χ0) is 12.1. The van der Waals surface area contributed by atoms with Crippen molar-refractivity contribution in [3.8, 4) is 0 Å². The Hall–Kier alpha value is -0.830. The van der Waals surface area contributed by atoms with E-state index in [-0.39, 0.29) is 5.91 Å². The Morgan fingerprint density at radius 3 is 2.88 bits per heavy atom. The summed E-state index contributed by atoms with van der Waals surface area (Å²) in [5.74, 6) is 0.866. The van der Waals surface area contributed by atoms with Crippen LogP contribution in [-0.2, 0) is 4.79 Å². The topological polar surface area (TPSA) is 32.3 Å². The summed E-state index contributed by atoms with van der Waals surface area (Å²) >= 11 is 0. The van der Waals surface area contributed by atoms with E-state index in [2.05, 4.69) is 25.7 Å². The molecule has 0 radical (unpaired) electrons. The highest BCUT2D eigenvalue weighted by Gasteiger charge is 2.24. The fourth-order valence-corrected chi connectivity index (χ4v) is 2.15. The van der Waals surface area contributed by atoms with Gasteiger partial charge in [0, 0.05) is 32.1 Å². The third-order valence-corrected chi connectivity index (χ3v) is 3.52. The van der Waals surface area contributed by atoms with Crippen LogP contribution in [0.25, 0.3) is 0 Å². The van der Waals surface area contributed by atoms with Gasteiger partial charge < -0.3 is 10.2 Å². The second kappa shape index (κ2) is 6.04. The summed E-state index contributed by atoms with van der Waals surface area (Å²) in [5.41, 5.74) is 0. The molecule has 0 aromatic carbocycles. The van der Waals surface area contributed by atoms with Crippen molar-refractivity contribution in [3.63, 3.8) is 0 Å². The summed E-state index contributed by atoms with van der Waals surface area (Å²) in [7, 11) is 1.88. The van der Waals surface area contributed by atoms with Crippen molar-refractivity contribution < 1.29 is 4.79 Å². The third kappa shape index (κ3) is 3.63. The molecule has 1 heterocycles. The van der Waals surface area contributed by atoms with Crippen molar-refractivity contribution in [2.45, 2.75) is 45.2 Å². The molecular formula is C13H24N2O. The van der Waals surface area contributed by atoms with Crippen molar-refractivity contribution in [3.05, 3.63) is 12.7 Å². The van der Waals surface area contributed by atoms with Gasteiger partial charge in [-0.05, 0) is 25.7 Å². The van der Waals surface area contributed by atoms with E-state index in [0.29, 0.717) is 24.4 Å². The predicted molar refractivity (Wildman–Crippen MR) is 67.2 cm³/mol. The SMILES string of the molecule is C=CCC(C)C(C)NC1CCC(=O)N(C)C1. The second-order valence-electron chi connectivity index (χ2n) is 4.97. The second-order valence-corrected chi connectivity index (χ2v) is 4.97. The van der Waals surface area contributed by atoms with Gasteiger partial charge in [-0.15, -0.1) is 6.58 Å². The van der Waals surface area contributed by atoms with E-state index < -0.39 is 0 Å². The van der Waals surface area contributed by atoms with Crippen LogP contribution in [0.15, 0.2) is 12.7 Å². The fourth-order valence-electron chi connectivity index (χ4n) is 2.15. The Kier molecular flexibility index (Phi) is 5.00. The van der Waals surface area contributed by atoms with Crippen molar-refractivity contribution in [2.24, 2.45) is 5.92 Å². The van der Waals surface area contributed by atoms with Gasteiger partial charge in [0.1, 0.15) is 0 Å². The summed E-state index contributed by atoms with van der Waals surface area (Å²) in [6.07, 6.45) is 4.65. The molecule has 1 N–H and O–H groups in total. The molecule has 0 spiro atoms. The summed E-state index contributed by atoms with van der Waals surface area (Å²) < 4.78 is 0. The lowest BCUT2D eigenvalue weighted by Crippen LogP contribution is -2.50. The Balaban J connectivity index is 2.36. The molecule has 0 aliphatic carbocycles. The maximum atomic E-state index is 11.3. The molecule has 16 heavy (non-hydrogen) atoms. The highest BCUT2D eigenvalue weighted by atomic mass is 16.2. The number of nitrogens with one attached hydrogen (secondary N) is 1. The fraction of sp³-hybridized carbons (Fsp3) is 0.769. The zero-order valence-corrected chi connectivity index (χ0v) is 10.7. The lowest BCUT2D eigenvalue weighted by molar-refractivity contribution is -0.132.